The zero-order chi connectivity index (χ0) is 16.0. The second-order valence-corrected chi connectivity index (χ2v) is 7.18. The van der Waals surface area contributed by atoms with Gasteiger partial charge in [0.1, 0.15) is 5.75 Å². The summed E-state index contributed by atoms with van der Waals surface area (Å²) in [5.41, 5.74) is 1.82. The first kappa shape index (κ1) is 15.1. The van der Waals surface area contributed by atoms with Crippen molar-refractivity contribution in [2.45, 2.75) is 40.5 Å². The molecule has 0 spiro atoms. The highest BCUT2D eigenvalue weighted by atomic mass is 16.5. The number of allylic oxidation sites excluding steroid dienone is 1. The molecular weight excluding hydrogens is 274 g/mol. The molecule has 2 fully saturated rings. The normalized spacial score (nSPS) is 30.8. The van der Waals surface area contributed by atoms with Gasteiger partial charge in [-0.1, -0.05) is 20.8 Å². The number of carbonyl (C=O) groups excluding carboxylic acids is 1. The Morgan fingerprint density at radius 1 is 1.27 bits per heavy atom. The van der Waals surface area contributed by atoms with Crippen LogP contribution in [0.1, 0.15) is 40.5 Å². The molecule has 0 aliphatic heterocycles. The molecular formula is C19H25NO2. The summed E-state index contributed by atoms with van der Waals surface area (Å²) in [5.74, 6) is 1.57. The van der Waals surface area contributed by atoms with Crippen molar-refractivity contribution in [1.29, 1.82) is 0 Å². The minimum absolute atomic E-state index is 0.0659. The lowest BCUT2D eigenvalue weighted by atomic mass is 9.70. The van der Waals surface area contributed by atoms with Crippen molar-refractivity contribution in [2.75, 3.05) is 11.9 Å². The first-order chi connectivity index (χ1) is 10.4. The van der Waals surface area contributed by atoms with Gasteiger partial charge >= 0.3 is 0 Å². The quantitative estimate of drug-likeness (QED) is 0.837. The Morgan fingerprint density at radius 3 is 2.50 bits per heavy atom. The standard InChI is InChI=1S/C19H25NO2/c1-5-22-14-8-6-13(7-9-14)20-12-15-16-10-11-19(4,17(15)21)18(16,2)3/h6-9,12,16,20H,5,10-11H2,1-4H3. The summed E-state index contributed by atoms with van der Waals surface area (Å²) in [6.45, 7) is 9.24. The number of carbonyl (C=O) groups is 1. The molecule has 22 heavy (non-hydrogen) atoms. The molecule has 0 aromatic heterocycles. The number of hydrogen-bond donors (Lipinski definition) is 1. The van der Waals surface area contributed by atoms with E-state index in [2.05, 4.69) is 26.1 Å². The summed E-state index contributed by atoms with van der Waals surface area (Å²) in [6.07, 6.45) is 4.06. The number of fused-ring (bicyclic) bond motifs is 2. The molecule has 0 amide bonds. The van der Waals surface area contributed by atoms with E-state index < -0.39 is 0 Å². The van der Waals surface area contributed by atoms with E-state index in [0.29, 0.717) is 18.3 Å². The molecule has 3 nitrogen and oxygen atoms in total. The Kier molecular flexibility index (Phi) is 3.54. The van der Waals surface area contributed by atoms with Crippen LogP contribution in [0.2, 0.25) is 0 Å². The van der Waals surface area contributed by atoms with Crippen LogP contribution in [0.25, 0.3) is 0 Å². The van der Waals surface area contributed by atoms with E-state index in [9.17, 15) is 4.79 Å². The number of Topliss-reactive ketones (excluding diaryl/α,β-unsaturated/α-hetero) is 1. The number of ether oxygens (including phenoxy) is 1. The van der Waals surface area contributed by atoms with Gasteiger partial charge in [-0.3, -0.25) is 4.79 Å². The number of benzene rings is 1. The van der Waals surface area contributed by atoms with Gasteiger partial charge in [-0.2, -0.15) is 0 Å². The predicted molar refractivity (Wildman–Crippen MR) is 88.9 cm³/mol. The van der Waals surface area contributed by atoms with Gasteiger partial charge in [0, 0.05) is 22.9 Å². The van der Waals surface area contributed by atoms with Crippen molar-refractivity contribution in [3.8, 4) is 5.75 Å². The molecule has 0 saturated heterocycles. The molecule has 118 valence electrons. The van der Waals surface area contributed by atoms with E-state index >= 15 is 0 Å². The Morgan fingerprint density at radius 2 is 1.95 bits per heavy atom. The molecule has 2 aliphatic carbocycles. The third-order valence-electron chi connectivity index (χ3n) is 5.92. The van der Waals surface area contributed by atoms with Crippen molar-refractivity contribution in [3.63, 3.8) is 0 Å². The minimum Gasteiger partial charge on any atom is -0.494 e. The zero-order valence-corrected chi connectivity index (χ0v) is 13.9. The number of ketones is 1. The fourth-order valence-corrected chi connectivity index (χ4v) is 4.07. The topological polar surface area (TPSA) is 38.3 Å². The van der Waals surface area contributed by atoms with E-state index in [1.807, 2.05) is 37.4 Å². The highest BCUT2D eigenvalue weighted by Crippen LogP contribution is 2.65. The molecule has 1 aromatic rings. The lowest BCUT2D eigenvalue weighted by molar-refractivity contribution is -0.125. The van der Waals surface area contributed by atoms with E-state index in [-0.39, 0.29) is 10.8 Å². The number of anilines is 1. The average Bonchev–Trinajstić information content (AvgIpc) is 2.80. The molecule has 1 aromatic carbocycles. The predicted octanol–water partition coefficient (Wildman–Crippen LogP) is 4.41. The van der Waals surface area contributed by atoms with E-state index in [1.54, 1.807) is 0 Å². The van der Waals surface area contributed by atoms with Crippen molar-refractivity contribution >= 4 is 11.5 Å². The molecule has 2 unspecified atom stereocenters. The van der Waals surface area contributed by atoms with Crippen LogP contribution >= 0.6 is 0 Å². The highest BCUT2D eigenvalue weighted by molar-refractivity contribution is 6.04. The lowest BCUT2D eigenvalue weighted by Gasteiger charge is -2.31. The molecule has 2 bridgehead atoms. The van der Waals surface area contributed by atoms with Gasteiger partial charge in [0.15, 0.2) is 5.78 Å². The van der Waals surface area contributed by atoms with Crippen LogP contribution in [0.15, 0.2) is 36.0 Å². The maximum Gasteiger partial charge on any atom is 0.167 e. The summed E-state index contributed by atoms with van der Waals surface area (Å²) in [5, 5.41) is 3.29. The summed E-state index contributed by atoms with van der Waals surface area (Å²) in [4.78, 5) is 12.7. The minimum atomic E-state index is -0.190. The molecule has 0 heterocycles. The van der Waals surface area contributed by atoms with E-state index in [0.717, 1.165) is 29.9 Å². The van der Waals surface area contributed by atoms with Gasteiger partial charge in [-0.05, 0) is 55.4 Å². The van der Waals surface area contributed by atoms with Crippen molar-refractivity contribution in [1.82, 2.24) is 0 Å². The number of nitrogens with one attached hydrogen (secondary N) is 1. The molecule has 2 atom stereocenters. The van der Waals surface area contributed by atoms with Crippen LogP contribution in [0, 0.1) is 16.7 Å². The Balaban J connectivity index is 1.78. The van der Waals surface area contributed by atoms with Crippen LogP contribution in [-0.2, 0) is 4.79 Å². The maximum absolute atomic E-state index is 12.7. The summed E-state index contributed by atoms with van der Waals surface area (Å²) < 4.78 is 5.44. The lowest BCUT2D eigenvalue weighted by Crippen LogP contribution is -2.32. The van der Waals surface area contributed by atoms with Crippen LogP contribution in [0.3, 0.4) is 0 Å². The zero-order valence-electron chi connectivity index (χ0n) is 13.9. The summed E-state index contributed by atoms with van der Waals surface area (Å²) in [7, 11) is 0. The van der Waals surface area contributed by atoms with Gasteiger partial charge < -0.3 is 10.1 Å². The SMILES string of the molecule is CCOc1ccc(NC=C2C(=O)C3(C)CCC2C3(C)C)cc1. The van der Waals surface area contributed by atoms with E-state index in [1.165, 1.54) is 0 Å². The third-order valence-corrected chi connectivity index (χ3v) is 5.92. The monoisotopic (exact) mass is 299 g/mol. The fourth-order valence-electron chi connectivity index (χ4n) is 4.07. The van der Waals surface area contributed by atoms with E-state index in [4.69, 9.17) is 4.74 Å². The number of hydrogen-bond acceptors (Lipinski definition) is 3. The number of rotatable bonds is 4. The van der Waals surface area contributed by atoms with Gasteiger partial charge in [0.05, 0.1) is 6.61 Å². The Bertz CT molecular complexity index is 615. The Hall–Kier alpha value is -1.77. The Labute approximate surface area is 132 Å². The molecule has 2 aliphatic rings. The molecule has 1 N–H and O–H groups in total. The molecule has 0 radical (unpaired) electrons. The molecule has 3 rings (SSSR count). The van der Waals surface area contributed by atoms with Crippen LogP contribution < -0.4 is 10.1 Å². The first-order valence-corrected chi connectivity index (χ1v) is 8.14. The van der Waals surface area contributed by atoms with Gasteiger partial charge in [0.25, 0.3) is 0 Å². The largest absolute Gasteiger partial charge is 0.494 e. The second-order valence-electron chi connectivity index (χ2n) is 7.18. The molecule has 2 saturated carbocycles. The van der Waals surface area contributed by atoms with Crippen molar-refractivity contribution in [3.05, 3.63) is 36.0 Å². The fraction of sp³-hybridized carbons (Fsp3) is 0.526. The van der Waals surface area contributed by atoms with Crippen LogP contribution in [0.4, 0.5) is 5.69 Å². The highest BCUT2D eigenvalue weighted by Gasteiger charge is 2.63. The average molecular weight is 299 g/mol. The van der Waals surface area contributed by atoms with Crippen LogP contribution in [-0.4, -0.2) is 12.4 Å². The van der Waals surface area contributed by atoms with Crippen molar-refractivity contribution in [2.24, 2.45) is 16.7 Å². The first-order valence-electron chi connectivity index (χ1n) is 8.14. The summed E-state index contributed by atoms with van der Waals surface area (Å²) >= 11 is 0. The van der Waals surface area contributed by atoms with Crippen LogP contribution in [0.5, 0.6) is 5.75 Å². The van der Waals surface area contributed by atoms with Gasteiger partial charge in [-0.25, -0.2) is 0 Å². The smallest absolute Gasteiger partial charge is 0.167 e. The second kappa shape index (κ2) is 5.15. The van der Waals surface area contributed by atoms with Gasteiger partial charge in [0.2, 0.25) is 0 Å². The van der Waals surface area contributed by atoms with Crippen molar-refractivity contribution < 1.29 is 9.53 Å². The summed E-state index contributed by atoms with van der Waals surface area (Å²) in [6, 6.07) is 7.84. The van der Waals surface area contributed by atoms with Gasteiger partial charge in [-0.15, -0.1) is 0 Å². The molecule has 3 heteroatoms. The third kappa shape index (κ3) is 2.06. The maximum atomic E-state index is 12.7.